The van der Waals surface area contributed by atoms with Crippen LogP contribution < -0.4 is 11.1 Å². The van der Waals surface area contributed by atoms with E-state index in [0.717, 1.165) is 0 Å². The lowest BCUT2D eigenvalue weighted by Gasteiger charge is -1.99. The lowest BCUT2D eigenvalue weighted by molar-refractivity contribution is 0.0954. The van der Waals surface area contributed by atoms with Gasteiger partial charge in [0.2, 0.25) is 0 Å². The summed E-state index contributed by atoms with van der Waals surface area (Å²) in [5.41, 5.74) is 5.58. The average molecular weight is 184 g/mol. The molecule has 0 spiro atoms. The summed E-state index contributed by atoms with van der Waals surface area (Å²) < 4.78 is 0. The van der Waals surface area contributed by atoms with Crippen LogP contribution in [0.4, 0.5) is 0 Å². The number of hydrogen-bond acceptors (Lipinski definition) is 3. The number of aromatic amines is 1. The topological polar surface area (TPSA) is 83.8 Å². The zero-order chi connectivity index (χ0) is 8.97. The van der Waals surface area contributed by atoms with Crippen molar-refractivity contribution in [2.45, 2.75) is 0 Å². The number of nitrogens with two attached hydrogens (primary N) is 1. The number of carbonyl (C=O) groups is 1. The second-order valence-electron chi connectivity index (χ2n) is 2.12. The van der Waals surface area contributed by atoms with Gasteiger partial charge in [-0.15, -0.1) is 0 Å². The molecule has 1 rings (SSSR count). The first-order valence-electron chi connectivity index (χ1n) is 3.26. The van der Waals surface area contributed by atoms with Gasteiger partial charge in [-0.2, -0.15) is 5.10 Å². The summed E-state index contributed by atoms with van der Waals surface area (Å²) in [7, 11) is 0. The summed E-state index contributed by atoms with van der Waals surface area (Å²) in [5, 5.41) is 8.64. The molecular weight excluding hydrogens is 176 g/mol. The molecular formula is C6H8N4OS. The standard InChI is InChI=1S/C6H8N4OS/c7-5(12)3-8-6(11)4-1-2-9-10-4/h1-2H,3H2,(H2,7,12)(H,8,11)(H,9,10). The molecule has 0 aromatic carbocycles. The molecule has 12 heavy (non-hydrogen) atoms. The van der Waals surface area contributed by atoms with Crippen molar-refractivity contribution in [3.05, 3.63) is 18.0 Å². The van der Waals surface area contributed by atoms with E-state index in [0.29, 0.717) is 5.69 Å². The smallest absolute Gasteiger partial charge is 0.269 e. The lowest BCUT2D eigenvalue weighted by Crippen LogP contribution is -2.32. The Labute approximate surface area is 74.3 Å². The fraction of sp³-hybridized carbons (Fsp3) is 0.167. The maximum Gasteiger partial charge on any atom is 0.269 e. The van der Waals surface area contributed by atoms with Crippen LogP contribution in [0.1, 0.15) is 10.5 Å². The predicted molar refractivity (Wildman–Crippen MR) is 47.7 cm³/mol. The van der Waals surface area contributed by atoms with Gasteiger partial charge in [0, 0.05) is 6.20 Å². The van der Waals surface area contributed by atoms with E-state index in [1.807, 2.05) is 0 Å². The Morgan fingerprint density at radius 3 is 3.08 bits per heavy atom. The Hall–Kier alpha value is -1.43. The SMILES string of the molecule is NC(=S)CNC(=O)c1ccn[nH]1. The molecule has 0 fully saturated rings. The van der Waals surface area contributed by atoms with E-state index in [4.69, 9.17) is 5.73 Å². The molecule has 4 N–H and O–H groups in total. The number of amides is 1. The van der Waals surface area contributed by atoms with E-state index in [-0.39, 0.29) is 17.4 Å². The van der Waals surface area contributed by atoms with E-state index in [9.17, 15) is 4.79 Å². The average Bonchev–Trinajstić information content (AvgIpc) is 2.51. The predicted octanol–water partition coefficient (Wildman–Crippen LogP) is -0.574. The van der Waals surface area contributed by atoms with Crippen molar-refractivity contribution in [3.63, 3.8) is 0 Å². The van der Waals surface area contributed by atoms with E-state index < -0.39 is 0 Å². The molecule has 5 nitrogen and oxygen atoms in total. The van der Waals surface area contributed by atoms with Crippen molar-refractivity contribution < 1.29 is 4.79 Å². The van der Waals surface area contributed by atoms with Crippen LogP contribution in [0.2, 0.25) is 0 Å². The van der Waals surface area contributed by atoms with E-state index in [2.05, 4.69) is 27.7 Å². The van der Waals surface area contributed by atoms with Gasteiger partial charge >= 0.3 is 0 Å². The second-order valence-corrected chi connectivity index (χ2v) is 2.64. The van der Waals surface area contributed by atoms with Crippen LogP contribution in [0.25, 0.3) is 0 Å². The van der Waals surface area contributed by atoms with Gasteiger partial charge in [-0.3, -0.25) is 9.89 Å². The molecule has 0 radical (unpaired) electrons. The zero-order valence-electron chi connectivity index (χ0n) is 6.20. The third-order valence-electron chi connectivity index (χ3n) is 1.17. The number of thiocarbonyl (C=S) groups is 1. The number of aromatic nitrogens is 2. The third-order valence-corrected chi connectivity index (χ3v) is 1.31. The summed E-state index contributed by atoms with van der Waals surface area (Å²) in [6, 6.07) is 1.56. The highest BCUT2D eigenvalue weighted by molar-refractivity contribution is 7.80. The number of rotatable bonds is 3. The molecule has 1 heterocycles. The Balaban J connectivity index is 2.45. The summed E-state index contributed by atoms with van der Waals surface area (Å²) in [6.07, 6.45) is 1.50. The molecule has 0 aliphatic rings. The molecule has 0 aliphatic carbocycles. The van der Waals surface area contributed by atoms with E-state index in [1.54, 1.807) is 6.07 Å². The summed E-state index contributed by atoms with van der Waals surface area (Å²) >= 11 is 4.58. The zero-order valence-corrected chi connectivity index (χ0v) is 7.02. The van der Waals surface area contributed by atoms with Gasteiger partial charge in [0.05, 0.1) is 11.5 Å². The fourth-order valence-corrected chi connectivity index (χ4v) is 0.717. The Morgan fingerprint density at radius 1 is 1.83 bits per heavy atom. The Morgan fingerprint density at radius 2 is 2.58 bits per heavy atom. The number of H-pyrrole nitrogens is 1. The van der Waals surface area contributed by atoms with Gasteiger partial charge in [0.1, 0.15) is 5.69 Å². The summed E-state index contributed by atoms with van der Waals surface area (Å²) in [6.45, 7) is 0.202. The molecule has 1 aromatic heterocycles. The molecule has 6 heteroatoms. The van der Waals surface area contributed by atoms with E-state index in [1.165, 1.54) is 6.20 Å². The summed E-state index contributed by atoms with van der Waals surface area (Å²) in [4.78, 5) is 11.4. The normalized spacial score (nSPS) is 9.33. The largest absolute Gasteiger partial charge is 0.392 e. The van der Waals surface area contributed by atoms with Gasteiger partial charge in [-0.05, 0) is 6.07 Å². The van der Waals surface area contributed by atoms with Crippen LogP contribution in [0.3, 0.4) is 0 Å². The Kier molecular flexibility index (Phi) is 2.76. The van der Waals surface area contributed by atoms with E-state index >= 15 is 0 Å². The minimum atomic E-state index is -0.264. The highest BCUT2D eigenvalue weighted by Crippen LogP contribution is 1.89. The van der Waals surface area contributed by atoms with Crippen molar-refractivity contribution >= 4 is 23.1 Å². The van der Waals surface area contributed by atoms with Crippen molar-refractivity contribution in [1.82, 2.24) is 15.5 Å². The molecule has 0 unspecified atom stereocenters. The number of nitrogens with one attached hydrogen (secondary N) is 2. The van der Waals surface area contributed by atoms with Crippen LogP contribution >= 0.6 is 12.2 Å². The number of nitrogens with zero attached hydrogens (tertiary/aromatic N) is 1. The van der Waals surface area contributed by atoms with Crippen LogP contribution in [0, 0.1) is 0 Å². The first-order valence-corrected chi connectivity index (χ1v) is 3.67. The lowest BCUT2D eigenvalue weighted by atomic mass is 10.4. The molecule has 0 aliphatic heterocycles. The minimum Gasteiger partial charge on any atom is -0.392 e. The van der Waals surface area contributed by atoms with Crippen molar-refractivity contribution in [2.75, 3.05) is 6.54 Å². The molecule has 64 valence electrons. The molecule has 0 bridgehead atoms. The molecule has 0 saturated carbocycles. The number of hydrogen-bond donors (Lipinski definition) is 3. The maximum atomic E-state index is 11.1. The molecule has 0 saturated heterocycles. The monoisotopic (exact) mass is 184 g/mol. The maximum absolute atomic E-state index is 11.1. The third kappa shape index (κ3) is 2.31. The molecule has 1 amide bonds. The van der Waals surface area contributed by atoms with Crippen LogP contribution in [-0.2, 0) is 0 Å². The van der Waals surface area contributed by atoms with Gasteiger partial charge < -0.3 is 11.1 Å². The summed E-state index contributed by atoms with van der Waals surface area (Å²) in [5.74, 6) is -0.264. The minimum absolute atomic E-state index is 0.202. The fourth-order valence-electron chi connectivity index (χ4n) is 0.645. The van der Waals surface area contributed by atoms with Crippen LogP contribution in [0.5, 0.6) is 0 Å². The Bertz CT molecular complexity index is 282. The van der Waals surface area contributed by atoms with Gasteiger partial charge in [0.25, 0.3) is 5.91 Å². The highest BCUT2D eigenvalue weighted by Gasteiger charge is 2.04. The second kappa shape index (κ2) is 3.82. The van der Waals surface area contributed by atoms with Gasteiger partial charge in [0.15, 0.2) is 0 Å². The first-order chi connectivity index (χ1) is 5.70. The van der Waals surface area contributed by atoms with Gasteiger partial charge in [-0.1, -0.05) is 12.2 Å². The number of carbonyl (C=O) groups excluding carboxylic acids is 1. The van der Waals surface area contributed by atoms with Crippen molar-refractivity contribution in [1.29, 1.82) is 0 Å². The molecule has 1 aromatic rings. The van der Waals surface area contributed by atoms with Crippen molar-refractivity contribution in [3.8, 4) is 0 Å². The molecule has 0 atom stereocenters. The quantitative estimate of drug-likeness (QED) is 0.549. The van der Waals surface area contributed by atoms with Crippen LogP contribution in [0.15, 0.2) is 12.3 Å². The highest BCUT2D eigenvalue weighted by atomic mass is 32.1. The first kappa shape index (κ1) is 8.66. The van der Waals surface area contributed by atoms with Crippen LogP contribution in [-0.4, -0.2) is 27.6 Å². The van der Waals surface area contributed by atoms with Crippen molar-refractivity contribution in [2.24, 2.45) is 5.73 Å². The van der Waals surface area contributed by atoms with Gasteiger partial charge in [-0.25, -0.2) is 0 Å².